The summed E-state index contributed by atoms with van der Waals surface area (Å²) in [5.74, 6) is -3.85. The van der Waals surface area contributed by atoms with E-state index < -0.39 is 29.4 Å². The van der Waals surface area contributed by atoms with E-state index >= 15 is 0 Å². The van der Waals surface area contributed by atoms with E-state index in [1.54, 1.807) is 0 Å². The number of ketones is 1. The van der Waals surface area contributed by atoms with Gasteiger partial charge in [0.1, 0.15) is 11.6 Å². The lowest BCUT2D eigenvalue weighted by Gasteiger charge is -2.32. The standard InChI is InChI=1S/C20H17F2NO4/c21-15-6-3-12(4-7-15)18(24)14-2-1-9-23(11-14)19(25)16-8-5-13(20(26)27)10-17(16)22/h3-8,10,14H,1-2,9,11H2,(H,26,27). The Kier molecular flexibility index (Phi) is 5.30. The van der Waals surface area contributed by atoms with E-state index in [-0.39, 0.29) is 23.5 Å². The number of amides is 1. The van der Waals surface area contributed by atoms with Gasteiger partial charge in [-0.2, -0.15) is 0 Å². The van der Waals surface area contributed by atoms with Crippen molar-refractivity contribution in [3.8, 4) is 0 Å². The molecule has 2 aromatic carbocycles. The minimum atomic E-state index is -1.28. The van der Waals surface area contributed by atoms with Gasteiger partial charge in [-0.15, -0.1) is 0 Å². The quantitative estimate of drug-likeness (QED) is 0.834. The van der Waals surface area contributed by atoms with Gasteiger partial charge in [-0.1, -0.05) is 0 Å². The second kappa shape index (κ2) is 7.65. The molecular formula is C20H17F2NO4. The van der Waals surface area contributed by atoms with E-state index in [0.29, 0.717) is 24.9 Å². The number of hydrogen-bond donors (Lipinski definition) is 1. The molecule has 0 radical (unpaired) electrons. The monoisotopic (exact) mass is 373 g/mol. The maximum absolute atomic E-state index is 14.2. The van der Waals surface area contributed by atoms with Crippen LogP contribution in [-0.2, 0) is 0 Å². The highest BCUT2D eigenvalue weighted by Gasteiger charge is 2.30. The molecule has 1 fully saturated rings. The Labute approximate surface area is 154 Å². The Bertz CT molecular complexity index is 895. The lowest BCUT2D eigenvalue weighted by molar-refractivity contribution is 0.0629. The summed E-state index contributed by atoms with van der Waals surface area (Å²) >= 11 is 0. The summed E-state index contributed by atoms with van der Waals surface area (Å²) in [6, 6.07) is 8.35. The minimum absolute atomic E-state index is 0.134. The molecule has 1 unspecified atom stereocenters. The van der Waals surface area contributed by atoms with Gasteiger partial charge in [0.2, 0.25) is 0 Å². The van der Waals surface area contributed by atoms with Crippen LogP contribution in [0.2, 0.25) is 0 Å². The molecule has 5 nitrogen and oxygen atoms in total. The van der Waals surface area contributed by atoms with Crippen LogP contribution >= 0.6 is 0 Å². The van der Waals surface area contributed by atoms with Crippen molar-refractivity contribution in [3.63, 3.8) is 0 Å². The number of Topliss-reactive ketones (excluding diaryl/α,β-unsaturated/α-hetero) is 1. The summed E-state index contributed by atoms with van der Waals surface area (Å²) in [5.41, 5.74) is -0.102. The minimum Gasteiger partial charge on any atom is -0.478 e. The molecular weight excluding hydrogens is 356 g/mol. The van der Waals surface area contributed by atoms with Crippen molar-refractivity contribution in [1.29, 1.82) is 0 Å². The lowest BCUT2D eigenvalue weighted by Crippen LogP contribution is -2.42. The summed E-state index contributed by atoms with van der Waals surface area (Å²) in [6.45, 7) is 0.515. The Morgan fingerprint density at radius 2 is 1.67 bits per heavy atom. The summed E-state index contributed by atoms with van der Waals surface area (Å²) < 4.78 is 27.2. The Balaban J connectivity index is 1.75. The molecule has 1 saturated heterocycles. The third kappa shape index (κ3) is 4.02. The van der Waals surface area contributed by atoms with Crippen LogP contribution in [0.15, 0.2) is 42.5 Å². The maximum Gasteiger partial charge on any atom is 0.335 e. The molecule has 1 aliphatic rings. The maximum atomic E-state index is 14.2. The third-order valence-electron chi connectivity index (χ3n) is 4.65. The van der Waals surface area contributed by atoms with Gasteiger partial charge in [-0.3, -0.25) is 9.59 Å². The summed E-state index contributed by atoms with van der Waals surface area (Å²) in [6.07, 6.45) is 1.17. The normalized spacial score (nSPS) is 16.8. The molecule has 0 aromatic heterocycles. The molecule has 0 spiro atoms. The van der Waals surface area contributed by atoms with Crippen molar-refractivity contribution in [3.05, 3.63) is 70.8 Å². The fourth-order valence-electron chi connectivity index (χ4n) is 3.22. The predicted molar refractivity (Wildman–Crippen MR) is 92.7 cm³/mol. The summed E-state index contributed by atoms with van der Waals surface area (Å²) in [5, 5.41) is 8.89. The number of piperidine rings is 1. The summed E-state index contributed by atoms with van der Waals surface area (Å²) in [4.78, 5) is 37.5. The van der Waals surface area contributed by atoms with Crippen molar-refractivity contribution in [2.45, 2.75) is 12.8 Å². The van der Waals surface area contributed by atoms with Crippen LogP contribution in [0.4, 0.5) is 8.78 Å². The summed E-state index contributed by atoms with van der Waals surface area (Å²) in [7, 11) is 0. The molecule has 1 amide bonds. The molecule has 1 N–H and O–H groups in total. The molecule has 0 saturated carbocycles. The largest absolute Gasteiger partial charge is 0.478 e. The van der Waals surface area contributed by atoms with Crippen LogP contribution in [0.25, 0.3) is 0 Å². The number of carboxylic acids is 1. The van der Waals surface area contributed by atoms with Crippen LogP contribution in [0.1, 0.15) is 43.9 Å². The number of halogens is 2. The second-order valence-electron chi connectivity index (χ2n) is 6.46. The van der Waals surface area contributed by atoms with Crippen LogP contribution in [0, 0.1) is 17.6 Å². The van der Waals surface area contributed by atoms with E-state index in [9.17, 15) is 23.2 Å². The Morgan fingerprint density at radius 1 is 1.00 bits per heavy atom. The average molecular weight is 373 g/mol. The first-order chi connectivity index (χ1) is 12.9. The van der Waals surface area contributed by atoms with Gasteiger partial charge in [0.15, 0.2) is 5.78 Å². The van der Waals surface area contributed by atoms with Crippen molar-refractivity contribution < 1.29 is 28.3 Å². The van der Waals surface area contributed by atoms with Crippen molar-refractivity contribution in [1.82, 2.24) is 4.90 Å². The van der Waals surface area contributed by atoms with Gasteiger partial charge < -0.3 is 10.0 Å². The van der Waals surface area contributed by atoms with E-state index in [1.807, 2.05) is 0 Å². The highest BCUT2D eigenvalue weighted by Crippen LogP contribution is 2.23. The predicted octanol–water partition coefficient (Wildman–Crippen LogP) is 3.40. The van der Waals surface area contributed by atoms with Gasteiger partial charge in [0.05, 0.1) is 11.1 Å². The van der Waals surface area contributed by atoms with E-state index in [0.717, 1.165) is 12.1 Å². The number of hydrogen-bond acceptors (Lipinski definition) is 3. The van der Waals surface area contributed by atoms with Crippen LogP contribution in [-0.4, -0.2) is 40.8 Å². The lowest BCUT2D eigenvalue weighted by atomic mass is 9.89. The van der Waals surface area contributed by atoms with Crippen LogP contribution in [0.3, 0.4) is 0 Å². The molecule has 1 heterocycles. The number of carbonyl (C=O) groups is 3. The zero-order valence-corrected chi connectivity index (χ0v) is 14.3. The zero-order chi connectivity index (χ0) is 19.6. The molecule has 0 bridgehead atoms. The number of likely N-dealkylation sites (tertiary alicyclic amines) is 1. The fourth-order valence-corrected chi connectivity index (χ4v) is 3.22. The van der Waals surface area contributed by atoms with Crippen LogP contribution in [0.5, 0.6) is 0 Å². The smallest absolute Gasteiger partial charge is 0.335 e. The van der Waals surface area contributed by atoms with Crippen LogP contribution < -0.4 is 0 Å². The highest BCUT2D eigenvalue weighted by molar-refractivity contribution is 5.99. The van der Waals surface area contributed by atoms with Gasteiger partial charge >= 0.3 is 5.97 Å². The molecule has 27 heavy (non-hydrogen) atoms. The van der Waals surface area contributed by atoms with Gasteiger partial charge in [0.25, 0.3) is 5.91 Å². The van der Waals surface area contributed by atoms with Crippen molar-refractivity contribution >= 4 is 17.7 Å². The fraction of sp³-hybridized carbons (Fsp3) is 0.250. The van der Waals surface area contributed by atoms with E-state index in [4.69, 9.17) is 5.11 Å². The van der Waals surface area contributed by atoms with E-state index in [2.05, 4.69) is 0 Å². The SMILES string of the molecule is O=C(O)c1ccc(C(=O)N2CCCC(C(=O)c3ccc(F)cc3)C2)c(F)c1. The highest BCUT2D eigenvalue weighted by atomic mass is 19.1. The number of benzene rings is 2. The number of carboxylic acid groups (broad SMARTS) is 1. The second-order valence-corrected chi connectivity index (χ2v) is 6.46. The van der Waals surface area contributed by atoms with Crippen molar-refractivity contribution in [2.75, 3.05) is 13.1 Å². The number of carbonyl (C=O) groups excluding carboxylic acids is 2. The van der Waals surface area contributed by atoms with Gasteiger partial charge in [-0.05, 0) is 55.3 Å². The molecule has 7 heteroatoms. The Morgan fingerprint density at radius 3 is 2.30 bits per heavy atom. The first-order valence-electron chi connectivity index (χ1n) is 8.48. The molecule has 0 aliphatic carbocycles. The number of rotatable bonds is 4. The van der Waals surface area contributed by atoms with Gasteiger partial charge in [-0.25, -0.2) is 13.6 Å². The molecule has 140 valence electrons. The van der Waals surface area contributed by atoms with E-state index in [1.165, 1.54) is 35.2 Å². The molecule has 3 rings (SSSR count). The first kappa shape index (κ1) is 18.7. The number of aromatic carboxylic acids is 1. The molecule has 1 atom stereocenters. The first-order valence-corrected chi connectivity index (χ1v) is 8.48. The van der Waals surface area contributed by atoms with Gasteiger partial charge in [0, 0.05) is 24.6 Å². The molecule has 2 aromatic rings. The average Bonchev–Trinajstić information content (AvgIpc) is 2.67. The third-order valence-corrected chi connectivity index (χ3v) is 4.65. The number of nitrogens with zero attached hydrogens (tertiary/aromatic N) is 1. The topological polar surface area (TPSA) is 74.7 Å². The zero-order valence-electron chi connectivity index (χ0n) is 14.3. The molecule has 1 aliphatic heterocycles. The van der Waals surface area contributed by atoms with Crippen molar-refractivity contribution in [2.24, 2.45) is 5.92 Å². The Hall–Kier alpha value is -3.09.